The monoisotopic (exact) mass is 775 g/mol. The van der Waals surface area contributed by atoms with Crippen molar-refractivity contribution in [3.8, 4) is 5.69 Å². The highest BCUT2D eigenvalue weighted by atomic mass is 35.5. The number of benzene rings is 3. The van der Waals surface area contributed by atoms with Crippen molar-refractivity contribution in [2.45, 2.75) is 84.0 Å². The van der Waals surface area contributed by atoms with Crippen LogP contribution < -0.4 is 21.9 Å². The fourth-order valence-corrected chi connectivity index (χ4v) is 6.59. The first-order chi connectivity index (χ1) is 24.5. The number of rotatable bonds is 19. The summed E-state index contributed by atoms with van der Waals surface area (Å²) in [6, 6.07) is 11.8. The van der Waals surface area contributed by atoms with Crippen molar-refractivity contribution in [1.82, 2.24) is 9.78 Å². The number of aromatic nitrogens is 2. The molecule has 0 radical (unpaired) electrons. The quantitative estimate of drug-likeness (QED) is 0.0361. The molecule has 0 unspecified atom stereocenters. The number of nitrogen functional groups attached to an aromatic ring is 1. The van der Waals surface area contributed by atoms with Crippen molar-refractivity contribution in [2.75, 3.05) is 16.4 Å². The molecule has 51 heavy (non-hydrogen) atoms. The van der Waals surface area contributed by atoms with Gasteiger partial charge >= 0.3 is 11.5 Å². The maximum absolute atomic E-state index is 13.8. The molecule has 0 saturated carbocycles. The summed E-state index contributed by atoms with van der Waals surface area (Å²) in [5.41, 5.74) is 5.62. The van der Waals surface area contributed by atoms with Crippen molar-refractivity contribution >= 4 is 92.5 Å². The van der Waals surface area contributed by atoms with E-state index in [0.29, 0.717) is 17.8 Å². The Kier molecular flexibility index (Phi) is 15.2. The second kappa shape index (κ2) is 19.5. The van der Waals surface area contributed by atoms with E-state index >= 15 is 0 Å². The number of carbonyl (C=O) groups excluding carboxylic acids is 1. The Labute approximate surface area is 316 Å². The minimum Gasteiger partial charge on any atom is -0.478 e. The number of carboxylic acids is 1. The second-order valence-electron chi connectivity index (χ2n) is 12.1. The minimum atomic E-state index is -1.28. The molecule has 0 saturated heterocycles. The van der Waals surface area contributed by atoms with Gasteiger partial charge in [0, 0.05) is 22.8 Å². The number of anilines is 4. The van der Waals surface area contributed by atoms with Crippen LogP contribution in [0.25, 0.3) is 5.69 Å². The molecule has 0 aliphatic heterocycles. The average Bonchev–Trinajstić information content (AvgIpc) is 3.37. The number of hydrogen-bond acceptors (Lipinski definition) is 7. The molecule has 4 rings (SSSR count). The van der Waals surface area contributed by atoms with Gasteiger partial charge in [0.1, 0.15) is 11.4 Å². The lowest BCUT2D eigenvalue weighted by atomic mass is 10.1. The molecule has 0 atom stereocenters. The van der Waals surface area contributed by atoms with Crippen molar-refractivity contribution < 1.29 is 14.7 Å². The van der Waals surface area contributed by atoms with Crippen LogP contribution in [0.1, 0.15) is 94.3 Å². The second-order valence-corrected chi connectivity index (χ2v) is 13.8. The van der Waals surface area contributed by atoms with Gasteiger partial charge in [-0.1, -0.05) is 118 Å². The van der Waals surface area contributed by atoms with Gasteiger partial charge in [-0.3, -0.25) is 14.7 Å². The molecule has 3 aromatic carbocycles. The van der Waals surface area contributed by atoms with Crippen molar-refractivity contribution in [2.24, 2.45) is 10.2 Å². The number of carbonyl (C=O) groups is 2. The summed E-state index contributed by atoms with van der Waals surface area (Å²) in [6.07, 6.45) is 13.5. The van der Waals surface area contributed by atoms with Crippen LogP contribution in [0.15, 0.2) is 63.6 Å². The average molecular weight is 778 g/mol. The van der Waals surface area contributed by atoms with E-state index < -0.39 is 11.5 Å². The van der Waals surface area contributed by atoms with Crippen LogP contribution in [0.4, 0.5) is 34.3 Å². The first-order valence-electron chi connectivity index (χ1n) is 16.9. The number of azo groups is 1. The van der Waals surface area contributed by atoms with E-state index in [1.807, 2.05) is 0 Å². The van der Waals surface area contributed by atoms with Gasteiger partial charge in [-0.25, -0.2) is 9.48 Å². The molecule has 272 valence electrons. The molecule has 4 aromatic rings. The third-order valence-corrected chi connectivity index (χ3v) is 9.22. The van der Waals surface area contributed by atoms with Crippen LogP contribution in [-0.4, -0.2) is 26.8 Å². The molecule has 11 nitrogen and oxygen atoms in total. The van der Waals surface area contributed by atoms with Crippen LogP contribution in [0.3, 0.4) is 0 Å². The number of H-pyrrole nitrogens is 1. The van der Waals surface area contributed by atoms with Crippen LogP contribution in [-0.2, 0) is 4.79 Å². The van der Waals surface area contributed by atoms with E-state index in [-0.39, 0.29) is 60.1 Å². The largest absolute Gasteiger partial charge is 0.478 e. The van der Waals surface area contributed by atoms with Gasteiger partial charge < -0.3 is 21.5 Å². The summed E-state index contributed by atoms with van der Waals surface area (Å²) in [7, 11) is 0. The maximum Gasteiger partial charge on any atom is 0.338 e. The van der Waals surface area contributed by atoms with Crippen molar-refractivity contribution in [3.05, 3.63) is 84.5 Å². The zero-order chi connectivity index (χ0) is 36.9. The Hall–Kier alpha value is -4.03. The van der Waals surface area contributed by atoms with Gasteiger partial charge in [0.2, 0.25) is 5.91 Å². The summed E-state index contributed by atoms with van der Waals surface area (Å²) in [5.74, 6) is -1.39. The lowest BCUT2D eigenvalue weighted by Crippen LogP contribution is -2.15. The smallest absolute Gasteiger partial charge is 0.338 e. The maximum atomic E-state index is 13.8. The molecule has 1 amide bonds. The van der Waals surface area contributed by atoms with Crippen LogP contribution in [0.2, 0.25) is 20.1 Å². The number of carboxylic acid groups (broad SMARTS) is 1. The Morgan fingerprint density at radius 2 is 1.45 bits per heavy atom. The third kappa shape index (κ3) is 11.5. The SMILES string of the molecule is CCCCCCCCCCCCCC(=O)Nc1ccc(Cl)c(Nc2[nH]n(-c3c(Cl)cc(Cl)cc3Cl)c(=O)c2N=Nc2ccc(N)cc2C(=O)O)c1. The first-order valence-corrected chi connectivity index (χ1v) is 18.4. The van der Waals surface area contributed by atoms with Gasteiger partial charge in [-0.2, -0.15) is 0 Å². The number of aromatic carboxylic acids is 1. The van der Waals surface area contributed by atoms with E-state index in [2.05, 4.69) is 32.9 Å². The standard InChI is InChI=1S/C36H41Cl4N7O4/c1-2-3-4-5-6-7-8-9-10-11-12-13-31(48)42-24-15-16-26(38)30(21-24)43-34-32(45-44-29-17-14-23(41)20-25(29)36(50)51)35(49)47(46-34)33-27(39)18-22(37)19-28(33)40/h14-21,43,46H,2-13,41H2,1H3,(H,42,48)(H,50,51). The molecule has 1 aromatic heterocycles. The number of amides is 1. The third-order valence-electron chi connectivity index (χ3n) is 8.10. The Morgan fingerprint density at radius 1 is 0.824 bits per heavy atom. The lowest BCUT2D eigenvalue weighted by molar-refractivity contribution is -0.116. The van der Waals surface area contributed by atoms with Gasteiger partial charge in [-0.15, -0.1) is 10.2 Å². The molecule has 15 heteroatoms. The molecule has 0 aliphatic rings. The highest BCUT2D eigenvalue weighted by Gasteiger charge is 2.21. The summed E-state index contributed by atoms with van der Waals surface area (Å²) >= 11 is 25.5. The van der Waals surface area contributed by atoms with Gasteiger partial charge in [0.25, 0.3) is 0 Å². The van der Waals surface area contributed by atoms with Gasteiger partial charge in [0.05, 0.1) is 26.3 Å². The fourth-order valence-electron chi connectivity index (χ4n) is 5.44. The van der Waals surface area contributed by atoms with E-state index in [0.717, 1.165) is 23.9 Å². The topological polar surface area (TPSA) is 167 Å². The van der Waals surface area contributed by atoms with Crippen molar-refractivity contribution in [3.63, 3.8) is 0 Å². The van der Waals surface area contributed by atoms with Gasteiger partial charge in [-0.05, 0) is 55.0 Å². The highest BCUT2D eigenvalue weighted by molar-refractivity contribution is 6.40. The number of hydrogen-bond donors (Lipinski definition) is 5. The van der Waals surface area contributed by atoms with E-state index in [4.69, 9.17) is 52.1 Å². The molecular weight excluding hydrogens is 736 g/mol. The number of unbranched alkanes of at least 4 members (excludes halogenated alkanes) is 10. The van der Waals surface area contributed by atoms with E-state index in [9.17, 15) is 19.5 Å². The Bertz CT molecular complexity index is 1900. The zero-order valence-electron chi connectivity index (χ0n) is 28.2. The number of nitrogens with zero attached hydrogens (tertiary/aromatic N) is 3. The highest BCUT2D eigenvalue weighted by Crippen LogP contribution is 2.36. The molecule has 0 spiro atoms. The number of halogens is 4. The molecule has 6 N–H and O–H groups in total. The minimum absolute atomic E-state index is 0.0180. The van der Waals surface area contributed by atoms with Crippen LogP contribution in [0.5, 0.6) is 0 Å². The normalized spacial score (nSPS) is 11.3. The zero-order valence-corrected chi connectivity index (χ0v) is 31.2. The fraction of sp³-hybridized carbons (Fsp3) is 0.361. The number of aromatic amines is 1. The van der Waals surface area contributed by atoms with E-state index in [1.165, 1.54) is 81.7 Å². The molecule has 1 heterocycles. The lowest BCUT2D eigenvalue weighted by Gasteiger charge is -2.11. The molecule has 0 fully saturated rings. The predicted molar refractivity (Wildman–Crippen MR) is 208 cm³/mol. The summed E-state index contributed by atoms with van der Waals surface area (Å²) in [6.45, 7) is 2.23. The molecule has 0 aliphatic carbocycles. The summed E-state index contributed by atoms with van der Waals surface area (Å²) < 4.78 is 1.05. The number of nitrogens with one attached hydrogen (secondary N) is 3. The van der Waals surface area contributed by atoms with Crippen LogP contribution >= 0.6 is 46.4 Å². The Morgan fingerprint density at radius 3 is 2.08 bits per heavy atom. The summed E-state index contributed by atoms with van der Waals surface area (Å²) in [4.78, 5) is 38.4. The summed E-state index contributed by atoms with van der Waals surface area (Å²) in [5, 5.41) is 27.3. The predicted octanol–water partition coefficient (Wildman–Crippen LogP) is 11.9. The van der Waals surface area contributed by atoms with Crippen molar-refractivity contribution in [1.29, 1.82) is 0 Å². The van der Waals surface area contributed by atoms with Gasteiger partial charge in [0.15, 0.2) is 11.5 Å². The van der Waals surface area contributed by atoms with E-state index in [1.54, 1.807) is 18.2 Å². The number of nitrogens with two attached hydrogens (primary N) is 1. The molecular formula is C36H41Cl4N7O4. The Balaban J connectivity index is 1.51. The first kappa shape index (κ1) is 39.8. The van der Waals surface area contributed by atoms with Crippen LogP contribution in [0, 0.1) is 0 Å². The molecule has 0 bridgehead atoms.